The third-order valence-electron chi connectivity index (χ3n) is 2.53. The van der Waals surface area contributed by atoms with Gasteiger partial charge in [-0.1, -0.05) is 15.9 Å². The molecule has 21 heavy (non-hydrogen) atoms. The topological polar surface area (TPSA) is 92.3 Å². The Morgan fingerprint density at radius 2 is 1.76 bits per heavy atom. The van der Waals surface area contributed by atoms with Gasteiger partial charge in [-0.05, 0) is 31.5 Å². The summed E-state index contributed by atoms with van der Waals surface area (Å²) in [5, 5.41) is 0. The molecule has 2 N–H and O–H groups in total. The summed E-state index contributed by atoms with van der Waals surface area (Å²) >= 11 is 3.08. The second-order valence-electron chi connectivity index (χ2n) is 4.12. The van der Waals surface area contributed by atoms with Gasteiger partial charge in [-0.15, -0.1) is 0 Å². The highest BCUT2D eigenvalue weighted by atomic mass is 79.9. The predicted molar refractivity (Wildman–Crippen MR) is 81.4 cm³/mol. The Morgan fingerprint density at radius 1 is 1.14 bits per heavy atom. The van der Waals surface area contributed by atoms with E-state index >= 15 is 0 Å². The lowest BCUT2D eigenvalue weighted by atomic mass is 10.3. The van der Waals surface area contributed by atoms with Gasteiger partial charge in [0.1, 0.15) is 10.7 Å². The first-order valence-corrected chi connectivity index (χ1v) is 10.0. The summed E-state index contributed by atoms with van der Waals surface area (Å²) in [5.41, 5.74) is 0. The van der Waals surface area contributed by atoms with Crippen LogP contribution in [0.4, 0.5) is 4.39 Å². The lowest BCUT2D eigenvalue weighted by Gasteiger charge is -2.08. The van der Waals surface area contributed by atoms with Crippen molar-refractivity contribution in [2.75, 3.05) is 18.8 Å². The number of benzene rings is 1. The van der Waals surface area contributed by atoms with Gasteiger partial charge in [0.15, 0.2) is 0 Å². The summed E-state index contributed by atoms with van der Waals surface area (Å²) in [7, 11) is -7.26. The molecule has 0 fully saturated rings. The van der Waals surface area contributed by atoms with Gasteiger partial charge in [-0.3, -0.25) is 0 Å². The highest BCUT2D eigenvalue weighted by Crippen LogP contribution is 2.19. The summed E-state index contributed by atoms with van der Waals surface area (Å²) in [5.74, 6) is -0.889. The molecule has 1 aromatic carbocycles. The smallest absolute Gasteiger partial charge is 0.215 e. The molecular formula is C11H16BrFN2O4S2. The third-order valence-corrected chi connectivity index (χ3v) is 5.90. The summed E-state index contributed by atoms with van der Waals surface area (Å²) < 4.78 is 64.6. The Morgan fingerprint density at radius 3 is 2.38 bits per heavy atom. The van der Waals surface area contributed by atoms with Crippen LogP contribution >= 0.6 is 15.9 Å². The van der Waals surface area contributed by atoms with Gasteiger partial charge in [-0.25, -0.2) is 30.7 Å². The summed E-state index contributed by atoms with van der Waals surface area (Å²) in [4.78, 5) is -0.453. The lowest BCUT2D eigenvalue weighted by molar-refractivity contribution is 0.554. The number of halogens is 2. The van der Waals surface area contributed by atoms with Crippen LogP contribution < -0.4 is 9.44 Å². The van der Waals surface area contributed by atoms with Gasteiger partial charge in [0, 0.05) is 17.6 Å². The fraction of sp³-hybridized carbons (Fsp3) is 0.455. The van der Waals surface area contributed by atoms with Gasteiger partial charge >= 0.3 is 0 Å². The number of rotatable bonds is 8. The zero-order valence-corrected chi connectivity index (χ0v) is 14.5. The Bertz CT molecular complexity index is 692. The number of sulfonamides is 2. The van der Waals surface area contributed by atoms with Gasteiger partial charge in [0.05, 0.1) is 5.75 Å². The summed E-state index contributed by atoms with van der Waals surface area (Å²) in [6.45, 7) is 1.61. The van der Waals surface area contributed by atoms with E-state index in [-0.39, 0.29) is 25.3 Å². The zero-order valence-electron chi connectivity index (χ0n) is 11.3. The van der Waals surface area contributed by atoms with E-state index in [4.69, 9.17) is 0 Å². The highest BCUT2D eigenvalue weighted by Gasteiger charge is 2.18. The number of hydrogen-bond acceptors (Lipinski definition) is 4. The quantitative estimate of drug-likeness (QED) is 0.638. The Hall–Kier alpha value is -0.550. The van der Waals surface area contributed by atoms with Gasteiger partial charge in [0.25, 0.3) is 0 Å². The van der Waals surface area contributed by atoms with E-state index in [1.807, 2.05) is 0 Å². The van der Waals surface area contributed by atoms with Gasteiger partial charge in [-0.2, -0.15) is 0 Å². The molecule has 6 nitrogen and oxygen atoms in total. The lowest BCUT2D eigenvalue weighted by Crippen LogP contribution is -2.31. The van der Waals surface area contributed by atoms with Crippen LogP contribution in [0.5, 0.6) is 0 Å². The third kappa shape index (κ3) is 5.99. The fourth-order valence-electron chi connectivity index (χ4n) is 1.39. The van der Waals surface area contributed by atoms with E-state index in [0.29, 0.717) is 4.47 Å². The van der Waals surface area contributed by atoms with Crippen molar-refractivity contribution in [1.29, 1.82) is 0 Å². The van der Waals surface area contributed by atoms with Crippen LogP contribution in [0.1, 0.15) is 13.3 Å². The molecule has 0 aliphatic rings. The van der Waals surface area contributed by atoms with Crippen LogP contribution in [0.15, 0.2) is 27.6 Å². The molecule has 0 spiro atoms. The van der Waals surface area contributed by atoms with Crippen LogP contribution in [0.25, 0.3) is 0 Å². The maximum atomic E-state index is 13.5. The molecule has 120 valence electrons. The first-order valence-electron chi connectivity index (χ1n) is 6.10. The zero-order chi connectivity index (χ0) is 16.1. The first-order chi connectivity index (χ1) is 9.68. The predicted octanol–water partition coefficient (Wildman–Crippen LogP) is 1.20. The molecule has 10 heteroatoms. The Labute approximate surface area is 132 Å². The van der Waals surface area contributed by atoms with Crippen LogP contribution in [0.2, 0.25) is 0 Å². The van der Waals surface area contributed by atoms with Gasteiger partial charge < -0.3 is 0 Å². The van der Waals surface area contributed by atoms with Gasteiger partial charge in [0.2, 0.25) is 20.0 Å². The van der Waals surface area contributed by atoms with E-state index in [0.717, 1.165) is 12.1 Å². The van der Waals surface area contributed by atoms with E-state index < -0.39 is 30.8 Å². The van der Waals surface area contributed by atoms with Crippen LogP contribution in [0, 0.1) is 5.82 Å². The molecule has 0 radical (unpaired) electrons. The SMILES string of the molecule is CCS(=O)(=O)NCCCNS(=O)(=O)c1cc(Br)ccc1F. The minimum Gasteiger partial charge on any atom is -0.215 e. The molecular weight excluding hydrogens is 387 g/mol. The average molecular weight is 403 g/mol. The van der Waals surface area contributed by atoms with Crippen molar-refractivity contribution in [3.8, 4) is 0 Å². The maximum absolute atomic E-state index is 13.5. The molecule has 1 rings (SSSR count). The molecule has 0 saturated heterocycles. The first kappa shape index (κ1) is 18.5. The van der Waals surface area contributed by atoms with Crippen molar-refractivity contribution in [2.45, 2.75) is 18.2 Å². The van der Waals surface area contributed by atoms with Crippen molar-refractivity contribution in [1.82, 2.24) is 9.44 Å². The normalized spacial score (nSPS) is 12.5. The van der Waals surface area contributed by atoms with Crippen molar-refractivity contribution in [2.24, 2.45) is 0 Å². The molecule has 0 unspecified atom stereocenters. The summed E-state index contributed by atoms with van der Waals surface area (Å²) in [6, 6.07) is 3.61. The fourth-order valence-corrected chi connectivity index (χ4v) is 3.73. The second kappa shape index (κ2) is 7.63. The minimum absolute atomic E-state index is 0.000517. The molecule has 0 aliphatic carbocycles. The molecule has 0 atom stereocenters. The minimum atomic E-state index is -3.97. The molecule has 0 amide bonds. The highest BCUT2D eigenvalue weighted by molar-refractivity contribution is 9.10. The molecule has 0 aromatic heterocycles. The van der Waals surface area contributed by atoms with E-state index in [2.05, 4.69) is 25.4 Å². The molecule has 0 bridgehead atoms. The molecule has 1 aromatic rings. The number of hydrogen-bond donors (Lipinski definition) is 2. The maximum Gasteiger partial charge on any atom is 0.243 e. The number of nitrogens with one attached hydrogen (secondary N) is 2. The van der Waals surface area contributed by atoms with Crippen LogP contribution in [-0.2, 0) is 20.0 Å². The van der Waals surface area contributed by atoms with Crippen LogP contribution in [-0.4, -0.2) is 35.7 Å². The van der Waals surface area contributed by atoms with E-state index in [1.165, 1.54) is 13.0 Å². The second-order valence-corrected chi connectivity index (χ2v) is 8.87. The van der Waals surface area contributed by atoms with Crippen molar-refractivity contribution in [3.05, 3.63) is 28.5 Å². The Kier molecular flexibility index (Phi) is 6.72. The molecule has 0 aliphatic heterocycles. The molecule has 0 heterocycles. The van der Waals surface area contributed by atoms with E-state index in [9.17, 15) is 21.2 Å². The van der Waals surface area contributed by atoms with Crippen molar-refractivity contribution >= 4 is 36.0 Å². The Balaban J connectivity index is 2.57. The van der Waals surface area contributed by atoms with Crippen molar-refractivity contribution < 1.29 is 21.2 Å². The average Bonchev–Trinajstić information content (AvgIpc) is 2.41. The van der Waals surface area contributed by atoms with Crippen LogP contribution in [0.3, 0.4) is 0 Å². The van der Waals surface area contributed by atoms with E-state index in [1.54, 1.807) is 0 Å². The summed E-state index contributed by atoms with van der Waals surface area (Å²) in [6.07, 6.45) is 0.258. The molecule has 0 saturated carbocycles. The monoisotopic (exact) mass is 402 g/mol. The largest absolute Gasteiger partial charge is 0.243 e. The standard InChI is InChI=1S/C11H16BrFN2O4S2/c1-2-20(16,17)14-6-3-7-15-21(18,19)11-8-9(12)4-5-10(11)13/h4-5,8,14-15H,2-3,6-7H2,1H3. The van der Waals surface area contributed by atoms with Crippen molar-refractivity contribution in [3.63, 3.8) is 0 Å².